The zero-order valence-corrected chi connectivity index (χ0v) is 21.0. The molecule has 0 spiro atoms. The van der Waals surface area contributed by atoms with Crippen LogP contribution in [0.15, 0.2) is 12.2 Å². The molecule has 0 bridgehead atoms. The molecule has 1 fully saturated rings. The molecule has 0 saturated carbocycles. The molecule has 0 amide bonds. The monoisotopic (exact) mass is 392 g/mol. The number of nitrogens with one attached hydrogen (secondary N) is 1. The number of rotatable bonds is 11. The van der Waals surface area contributed by atoms with Crippen molar-refractivity contribution < 1.29 is 0 Å². The summed E-state index contributed by atoms with van der Waals surface area (Å²) in [5.74, 6) is 2.45. The second-order valence-corrected chi connectivity index (χ2v) is 11.9. The van der Waals surface area contributed by atoms with Crippen LogP contribution in [0.3, 0.4) is 0 Å². The molecule has 2 heteroatoms. The van der Waals surface area contributed by atoms with Crippen LogP contribution in [0.2, 0.25) is 0 Å². The van der Waals surface area contributed by atoms with Crippen molar-refractivity contribution in [1.29, 1.82) is 0 Å². The molecular formula is C26H52N2. The van der Waals surface area contributed by atoms with Crippen LogP contribution in [-0.4, -0.2) is 34.6 Å². The number of likely N-dealkylation sites (tertiary alicyclic amines) is 1. The molecule has 2 unspecified atom stereocenters. The Kier molecular flexibility index (Phi) is 9.74. The van der Waals surface area contributed by atoms with Crippen molar-refractivity contribution in [2.45, 2.75) is 124 Å². The smallest absolute Gasteiger partial charge is 0.0174 e. The molecule has 1 N–H and O–H groups in total. The lowest BCUT2D eigenvalue weighted by molar-refractivity contribution is -0.0384. The number of nitrogens with zero attached hydrogens (tertiary/aromatic N) is 1. The summed E-state index contributed by atoms with van der Waals surface area (Å²) in [5, 5.41) is 3.78. The van der Waals surface area contributed by atoms with Crippen molar-refractivity contribution in [3.8, 4) is 0 Å². The van der Waals surface area contributed by atoms with E-state index < -0.39 is 0 Å². The fourth-order valence-electron chi connectivity index (χ4n) is 6.23. The topological polar surface area (TPSA) is 15.3 Å². The fourth-order valence-corrected chi connectivity index (χ4v) is 6.23. The number of piperidine rings is 1. The molecule has 0 aromatic carbocycles. The first-order valence-corrected chi connectivity index (χ1v) is 12.0. The minimum Gasteiger partial charge on any atom is -0.308 e. The molecule has 166 valence electrons. The van der Waals surface area contributed by atoms with Gasteiger partial charge in [-0.1, -0.05) is 52.7 Å². The molecule has 28 heavy (non-hydrogen) atoms. The second kappa shape index (κ2) is 10.6. The average molecular weight is 393 g/mol. The van der Waals surface area contributed by atoms with E-state index in [0.717, 1.165) is 30.8 Å². The van der Waals surface area contributed by atoms with Crippen molar-refractivity contribution in [1.82, 2.24) is 10.2 Å². The van der Waals surface area contributed by atoms with E-state index in [4.69, 9.17) is 0 Å². The molecule has 1 rings (SSSR count). The van der Waals surface area contributed by atoms with E-state index in [1.165, 1.54) is 38.5 Å². The van der Waals surface area contributed by atoms with E-state index in [1.807, 2.05) is 0 Å². The molecule has 0 aromatic rings. The van der Waals surface area contributed by atoms with Gasteiger partial charge >= 0.3 is 0 Å². The predicted molar refractivity (Wildman–Crippen MR) is 127 cm³/mol. The highest BCUT2D eigenvalue weighted by molar-refractivity contribution is 5.02. The Morgan fingerprint density at radius 3 is 2.14 bits per heavy atom. The van der Waals surface area contributed by atoms with Crippen LogP contribution < -0.4 is 5.32 Å². The van der Waals surface area contributed by atoms with Crippen molar-refractivity contribution in [2.75, 3.05) is 13.1 Å². The molecule has 1 aliphatic rings. The minimum absolute atomic E-state index is 0.203. The predicted octanol–water partition coefficient (Wildman–Crippen LogP) is 7.05. The first-order chi connectivity index (χ1) is 12.8. The number of hydrogen-bond acceptors (Lipinski definition) is 2. The summed E-state index contributed by atoms with van der Waals surface area (Å²) in [4.78, 5) is 2.71. The summed E-state index contributed by atoms with van der Waals surface area (Å²) in [6.45, 7) is 26.0. The van der Waals surface area contributed by atoms with Gasteiger partial charge in [0.25, 0.3) is 0 Å². The van der Waals surface area contributed by atoms with Crippen LogP contribution in [0, 0.1) is 17.8 Å². The van der Waals surface area contributed by atoms with Crippen LogP contribution in [-0.2, 0) is 0 Å². The van der Waals surface area contributed by atoms with E-state index >= 15 is 0 Å². The molecule has 0 aliphatic carbocycles. The third kappa shape index (κ3) is 8.57. The maximum atomic E-state index is 3.78. The first kappa shape index (κ1) is 25.7. The third-order valence-corrected chi connectivity index (χ3v) is 6.76. The highest BCUT2D eigenvalue weighted by Gasteiger charge is 2.43. The van der Waals surface area contributed by atoms with Crippen LogP contribution in [0.5, 0.6) is 0 Å². The lowest BCUT2D eigenvalue weighted by Crippen LogP contribution is -2.60. The van der Waals surface area contributed by atoms with Gasteiger partial charge in [-0.05, 0) is 85.0 Å². The third-order valence-electron chi connectivity index (χ3n) is 6.76. The molecule has 1 saturated heterocycles. The highest BCUT2D eigenvalue weighted by Crippen LogP contribution is 2.40. The van der Waals surface area contributed by atoms with E-state index in [2.05, 4.69) is 91.6 Å². The Morgan fingerprint density at radius 2 is 1.61 bits per heavy atom. The Bertz CT molecular complexity index is 457. The summed E-state index contributed by atoms with van der Waals surface area (Å²) in [7, 11) is 0. The van der Waals surface area contributed by atoms with E-state index in [1.54, 1.807) is 0 Å². The van der Waals surface area contributed by atoms with E-state index in [0.29, 0.717) is 0 Å². The average Bonchev–Trinajstić information content (AvgIpc) is 2.46. The fraction of sp³-hybridized carbons (Fsp3) is 0.923. The van der Waals surface area contributed by atoms with Crippen LogP contribution in [0.1, 0.15) is 108 Å². The normalized spacial score (nSPS) is 23.2. The Hall–Kier alpha value is -0.340. The Labute approximate surface area is 177 Å². The lowest BCUT2D eigenvalue weighted by atomic mass is 9.74. The van der Waals surface area contributed by atoms with Gasteiger partial charge in [0.05, 0.1) is 0 Å². The maximum absolute atomic E-state index is 3.78. The second-order valence-electron chi connectivity index (χ2n) is 11.9. The molecule has 1 heterocycles. The van der Waals surface area contributed by atoms with Gasteiger partial charge in [-0.25, -0.2) is 0 Å². The summed E-state index contributed by atoms with van der Waals surface area (Å²) < 4.78 is 0. The molecule has 1 aliphatic heterocycles. The van der Waals surface area contributed by atoms with Gasteiger partial charge in [-0.3, -0.25) is 4.90 Å². The number of hydrogen-bond donors (Lipinski definition) is 1. The summed E-state index contributed by atoms with van der Waals surface area (Å²) >= 11 is 0. The SMILES string of the molecule is CCCC(C)CC(C)CC(C)(C)NC/C=C\CN1C(C)(C)CC(C)CC1(C)C. The largest absolute Gasteiger partial charge is 0.308 e. The molecule has 0 aromatic heterocycles. The zero-order chi connectivity index (χ0) is 21.6. The standard InChI is InChI=1S/C26H52N2/c1-11-14-21(2)17-22(3)18-24(5,6)27-15-12-13-16-28-25(7,8)19-23(4)20-26(28,9)10/h12-13,21-23,27H,11,14-20H2,1-10H3/b13-12-. The summed E-state index contributed by atoms with van der Waals surface area (Å²) in [6.07, 6.45) is 12.6. The van der Waals surface area contributed by atoms with Gasteiger partial charge in [0.15, 0.2) is 0 Å². The van der Waals surface area contributed by atoms with Crippen molar-refractivity contribution >= 4 is 0 Å². The first-order valence-electron chi connectivity index (χ1n) is 12.0. The lowest BCUT2D eigenvalue weighted by Gasteiger charge is -2.54. The van der Waals surface area contributed by atoms with Crippen molar-refractivity contribution in [2.24, 2.45) is 17.8 Å². The van der Waals surface area contributed by atoms with Gasteiger partial charge < -0.3 is 5.32 Å². The van der Waals surface area contributed by atoms with Gasteiger partial charge in [0.2, 0.25) is 0 Å². The minimum atomic E-state index is 0.203. The van der Waals surface area contributed by atoms with Crippen molar-refractivity contribution in [3.63, 3.8) is 0 Å². The molecule has 2 nitrogen and oxygen atoms in total. The van der Waals surface area contributed by atoms with Crippen LogP contribution in [0.25, 0.3) is 0 Å². The van der Waals surface area contributed by atoms with Crippen LogP contribution >= 0.6 is 0 Å². The van der Waals surface area contributed by atoms with Crippen LogP contribution in [0.4, 0.5) is 0 Å². The Morgan fingerprint density at radius 1 is 1.04 bits per heavy atom. The highest BCUT2D eigenvalue weighted by atomic mass is 15.3. The molecular weight excluding hydrogens is 340 g/mol. The maximum Gasteiger partial charge on any atom is 0.0174 e. The summed E-state index contributed by atoms with van der Waals surface area (Å²) in [5.41, 5.74) is 0.764. The van der Waals surface area contributed by atoms with Gasteiger partial charge in [-0.2, -0.15) is 0 Å². The van der Waals surface area contributed by atoms with E-state index in [-0.39, 0.29) is 16.6 Å². The van der Waals surface area contributed by atoms with Crippen molar-refractivity contribution in [3.05, 3.63) is 12.2 Å². The van der Waals surface area contributed by atoms with Gasteiger partial charge in [0.1, 0.15) is 0 Å². The summed E-state index contributed by atoms with van der Waals surface area (Å²) in [6, 6.07) is 0. The quantitative estimate of drug-likeness (QED) is 0.379. The molecule has 2 atom stereocenters. The zero-order valence-electron chi connectivity index (χ0n) is 21.0. The van der Waals surface area contributed by atoms with E-state index in [9.17, 15) is 0 Å². The Balaban J connectivity index is 2.46. The molecule has 0 radical (unpaired) electrons. The van der Waals surface area contributed by atoms with Gasteiger partial charge in [-0.15, -0.1) is 0 Å². The van der Waals surface area contributed by atoms with Gasteiger partial charge in [0, 0.05) is 29.7 Å².